The lowest BCUT2D eigenvalue weighted by molar-refractivity contribution is 1.31. The molecule has 0 aliphatic rings. The molecule has 1 heterocycles. The maximum Gasteiger partial charge on any atom is 0.129 e. The Kier molecular flexibility index (Phi) is 3.90. The van der Waals surface area contributed by atoms with E-state index in [0.29, 0.717) is 5.15 Å². The molecule has 16 heavy (non-hydrogen) atoms. The summed E-state index contributed by atoms with van der Waals surface area (Å²) in [4.78, 5) is 5.26. The van der Waals surface area contributed by atoms with Gasteiger partial charge in [0.05, 0.1) is 0 Å². The molecule has 0 aliphatic heterocycles. The van der Waals surface area contributed by atoms with Gasteiger partial charge >= 0.3 is 0 Å². The van der Waals surface area contributed by atoms with E-state index in [2.05, 4.69) is 51.4 Å². The first kappa shape index (κ1) is 12.0. The zero-order valence-electron chi connectivity index (χ0n) is 8.58. The normalized spacial score (nSPS) is 10.4. The first-order chi connectivity index (χ1) is 7.70. The number of hydrogen-bond donors (Lipinski definition) is 0. The number of halogens is 2. The van der Waals surface area contributed by atoms with Gasteiger partial charge in [0.1, 0.15) is 5.15 Å². The second-order valence-corrected chi connectivity index (χ2v) is 5.34. The molecule has 1 nitrogen and oxygen atoms in total. The Morgan fingerprint density at radius 3 is 2.56 bits per heavy atom. The summed E-state index contributed by atoms with van der Waals surface area (Å²) >= 11 is 11.1. The fraction of sp³-hybridized carbons (Fsp3) is 0.0833. The molecule has 0 amide bonds. The lowest BCUT2D eigenvalue weighted by Gasteiger charge is -2.05. The number of nitrogens with zero attached hydrogens (tertiary/aromatic N) is 1. The van der Waals surface area contributed by atoms with Gasteiger partial charge in [-0.15, -0.1) is 11.8 Å². The molecular formula is C12H9BrClNS. The van der Waals surface area contributed by atoms with Crippen molar-refractivity contribution in [1.29, 1.82) is 0 Å². The molecule has 0 atom stereocenters. The van der Waals surface area contributed by atoms with E-state index < -0.39 is 0 Å². The van der Waals surface area contributed by atoms with Gasteiger partial charge in [0, 0.05) is 21.1 Å². The van der Waals surface area contributed by atoms with Crippen LogP contribution in [-0.4, -0.2) is 11.2 Å². The van der Waals surface area contributed by atoms with Crippen molar-refractivity contribution in [2.24, 2.45) is 0 Å². The molecule has 82 valence electrons. The van der Waals surface area contributed by atoms with E-state index in [4.69, 9.17) is 11.6 Å². The van der Waals surface area contributed by atoms with Crippen LogP contribution in [0.5, 0.6) is 0 Å². The van der Waals surface area contributed by atoms with Crippen molar-refractivity contribution in [2.75, 3.05) is 6.26 Å². The Bertz CT molecular complexity index is 499. The SMILES string of the molecule is CSc1ccc(-c2cc(Cl)ncc2Br)cc1. The molecule has 0 aliphatic carbocycles. The predicted molar refractivity (Wildman–Crippen MR) is 74.2 cm³/mol. The molecule has 0 radical (unpaired) electrons. The summed E-state index contributed by atoms with van der Waals surface area (Å²) in [7, 11) is 0. The molecule has 1 aromatic heterocycles. The minimum absolute atomic E-state index is 0.507. The molecular weight excluding hydrogens is 306 g/mol. The molecule has 0 fully saturated rings. The smallest absolute Gasteiger partial charge is 0.129 e. The molecule has 4 heteroatoms. The van der Waals surface area contributed by atoms with Gasteiger partial charge in [0.2, 0.25) is 0 Å². The Hall–Kier alpha value is -0.510. The van der Waals surface area contributed by atoms with E-state index in [1.165, 1.54) is 4.90 Å². The van der Waals surface area contributed by atoms with Crippen LogP contribution in [0.2, 0.25) is 5.15 Å². The van der Waals surface area contributed by atoms with Crippen LogP contribution >= 0.6 is 39.3 Å². The molecule has 0 spiro atoms. The second kappa shape index (κ2) is 5.21. The van der Waals surface area contributed by atoms with Crippen molar-refractivity contribution in [1.82, 2.24) is 4.98 Å². The molecule has 2 aromatic rings. The van der Waals surface area contributed by atoms with Crippen molar-refractivity contribution in [3.8, 4) is 11.1 Å². The van der Waals surface area contributed by atoms with Crippen LogP contribution in [0.4, 0.5) is 0 Å². The lowest BCUT2D eigenvalue weighted by Crippen LogP contribution is -1.83. The number of pyridine rings is 1. The highest BCUT2D eigenvalue weighted by Gasteiger charge is 2.04. The Morgan fingerprint density at radius 1 is 1.25 bits per heavy atom. The van der Waals surface area contributed by atoms with Gasteiger partial charge in [-0.1, -0.05) is 23.7 Å². The number of thioether (sulfide) groups is 1. The highest BCUT2D eigenvalue weighted by atomic mass is 79.9. The average Bonchev–Trinajstić information content (AvgIpc) is 2.32. The Balaban J connectivity index is 2.45. The zero-order valence-corrected chi connectivity index (χ0v) is 11.7. The van der Waals surface area contributed by atoms with Crippen molar-refractivity contribution >= 4 is 39.3 Å². The van der Waals surface area contributed by atoms with Crippen LogP contribution in [0.25, 0.3) is 11.1 Å². The molecule has 0 unspecified atom stereocenters. The number of aromatic nitrogens is 1. The van der Waals surface area contributed by atoms with Gasteiger partial charge in [-0.05, 0) is 45.9 Å². The van der Waals surface area contributed by atoms with Crippen molar-refractivity contribution in [3.63, 3.8) is 0 Å². The van der Waals surface area contributed by atoms with E-state index in [-0.39, 0.29) is 0 Å². The van der Waals surface area contributed by atoms with Crippen LogP contribution in [0.1, 0.15) is 0 Å². The second-order valence-electron chi connectivity index (χ2n) is 3.22. The largest absolute Gasteiger partial charge is 0.243 e. The Labute approximate surface area is 112 Å². The van der Waals surface area contributed by atoms with Crippen molar-refractivity contribution < 1.29 is 0 Å². The lowest BCUT2D eigenvalue weighted by atomic mass is 10.1. The summed E-state index contributed by atoms with van der Waals surface area (Å²) in [5, 5.41) is 0.507. The predicted octanol–water partition coefficient (Wildman–Crippen LogP) is 4.89. The molecule has 0 bridgehead atoms. The van der Waals surface area contributed by atoms with E-state index in [9.17, 15) is 0 Å². The maximum atomic E-state index is 5.89. The van der Waals surface area contributed by atoms with Gasteiger partial charge in [-0.25, -0.2) is 4.98 Å². The summed E-state index contributed by atoms with van der Waals surface area (Å²) in [6, 6.07) is 10.2. The van der Waals surface area contributed by atoms with E-state index >= 15 is 0 Å². The Morgan fingerprint density at radius 2 is 1.94 bits per heavy atom. The third-order valence-electron chi connectivity index (χ3n) is 2.22. The number of hydrogen-bond acceptors (Lipinski definition) is 2. The summed E-state index contributed by atoms with van der Waals surface area (Å²) in [5.74, 6) is 0. The third-order valence-corrected chi connectivity index (χ3v) is 3.81. The monoisotopic (exact) mass is 313 g/mol. The van der Waals surface area contributed by atoms with Crippen LogP contribution < -0.4 is 0 Å². The maximum absolute atomic E-state index is 5.89. The van der Waals surface area contributed by atoms with Crippen LogP contribution in [-0.2, 0) is 0 Å². The first-order valence-electron chi connectivity index (χ1n) is 4.66. The highest BCUT2D eigenvalue weighted by Crippen LogP contribution is 2.30. The molecule has 0 N–H and O–H groups in total. The van der Waals surface area contributed by atoms with Gasteiger partial charge in [0.25, 0.3) is 0 Å². The quantitative estimate of drug-likeness (QED) is 0.578. The standard InChI is InChI=1S/C12H9BrClNS/c1-16-9-4-2-8(3-5-9)10-6-12(14)15-7-11(10)13/h2-7H,1H3. The van der Waals surface area contributed by atoms with Gasteiger partial charge < -0.3 is 0 Å². The fourth-order valence-electron chi connectivity index (χ4n) is 1.40. The van der Waals surface area contributed by atoms with E-state index in [0.717, 1.165) is 15.6 Å². The van der Waals surface area contributed by atoms with Gasteiger partial charge in [-0.3, -0.25) is 0 Å². The van der Waals surface area contributed by atoms with Crippen molar-refractivity contribution in [3.05, 3.63) is 46.2 Å². The number of rotatable bonds is 2. The molecule has 2 rings (SSSR count). The highest BCUT2D eigenvalue weighted by molar-refractivity contribution is 9.10. The zero-order chi connectivity index (χ0) is 11.5. The summed E-state index contributed by atoms with van der Waals surface area (Å²) in [6.45, 7) is 0. The van der Waals surface area contributed by atoms with Crippen LogP contribution in [0.3, 0.4) is 0 Å². The van der Waals surface area contributed by atoms with Gasteiger partial charge in [0.15, 0.2) is 0 Å². The van der Waals surface area contributed by atoms with Gasteiger partial charge in [-0.2, -0.15) is 0 Å². The number of benzene rings is 1. The molecule has 0 saturated heterocycles. The summed E-state index contributed by atoms with van der Waals surface area (Å²) in [6.07, 6.45) is 3.79. The minimum Gasteiger partial charge on any atom is -0.243 e. The topological polar surface area (TPSA) is 12.9 Å². The van der Waals surface area contributed by atoms with Crippen LogP contribution in [0, 0.1) is 0 Å². The fourth-order valence-corrected chi connectivity index (χ4v) is 2.42. The van der Waals surface area contributed by atoms with E-state index in [1.807, 2.05) is 6.07 Å². The van der Waals surface area contributed by atoms with Crippen molar-refractivity contribution in [2.45, 2.75) is 4.90 Å². The minimum atomic E-state index is 0.507. The first-order valence-corrected chi connectivity index (χ1v) is 7.06. The molecule has 1 aromatic carbocycles. The van der Waals surface area contributed by atoms with Crippen LogP contribution in [0.15, 0.2) is 45.9 Å². The third kappa shape index (κ3) is 2.59. The van der Waals surface area contributed by atoms with E-state index in [1.54, 1.807) is 18.0 Å². The molecule has 0 saturated carbocycles. The average molecular weight is 315 g/mol. The summed E-state index contributed by atoms with van der Waals surface area (Å²) < 4.78 is 0.953. The summed E-state index contributed by atoms with van der Waals surface area (Å²) in [5.41, 5.74) is 2.20.